The smallest absolute Gasteiger partial charge is 0.131 e. The van der Waals surface area contributed by atoms with Gasteiger partial charge in [-0.05, 0) is 19.9 Å². The van der Waals surface area contributed by atoms with Gasteiger partial charge in [-0.15, -0.1) is 0 Å². The van der Waals surface area contributed by atoms with E-state index in [1.807, 2.05) is 13.8 Å². The van der Waals surface area contributed by atoms with Crippen LogP contribution in [0.5, 0.6) is 5.75 Å². The maximum absolute atomic E-state index is 13.9. The monoisotopic (exact) mass is 264 g/mol. The zero-order valence-electron chi connectivity index (χ0n) is 11.3. The van der Waals surface area contributed by atoms with Gasteiger partial charge in [0.2, 0.25) is 0 Å². The van der Waals surface area contributed by atoms with E-state index in [1.54, 1.807) is 16.8 Å². The van der Waals surface area contributed by atoms with E-state index in [0.29, 0.717) is 17.9 Å². The van der Waals surface area contributed by atoms with Crippen LogP contribution in [0.3, 0.4) is 0 Å². The maximum Gasteiger partial charge on any atom is 0.131 e. The third kappa shape index (κ3) is 2.61. The first-order valence-electron chi connectivity index (χ1n) is 6.03. The summed E-state index contributed by atoms with van der Waals surface area (Å²) in [6, 6.07) is 4.76. The summed E-state index contributed by atoms with van der Waals surface area (Å²) in [5, 5.41) is 13.6. The van der Waals surface area contributed by atoms with E-state index < -0.39 is 0 Å². The Bertz CT molecular complexity index is 593. The zero-order valence-corrected chi connectivity index (χ0v) is 11.3. The Labute approximate surface area is 111 Å². The fraction of sp³-hybridized carbons (Fsp3) is 0.357. The largest absolute Gasteiger partial charge is 0.497 e. The first kappa shape index (κ1) is 13.5. The molecule has 1 aromatic carbocycles. The third-order valence-corrected chi connectivity index (χ3v) is 3.27. The number of aliphatic hydroxyl groups excluding tert-OH is 1. The van der Waals surface area contributed by atoms with E-state index in [1.165, 1.54) is 13.2 Å². The van der Waals surface area contributed by atoms with Gasteiger partial charge in [0, 0.05) is 22.9 Å². The Morgan fingerprint density at radius 2 is 2.11 bits per heavy atom. The average Bonchev–Trinajstić information content (AvgIpc) is 2.66. The highest BCUT2D eigenvalue weighted by atomic mass is 19.1. The summed E-state index contributed by atoms with van der Waals surface area (Å²) in [6.07, 6.45) is 0. The highest BCUT2D eigenvalue weighted by molar-refractivity contribution is 5.30. The first-order valence-corrected chi connectivity index (χ1v) is 6.03. The molecule has 0 fully saturated rings. The molecule has 19 heavy (non-hydrogen) atoms. The van der Waals surface area contributed by atoms with Gasteiger partial charge in [0.25, 0.3) is 0 Å². The van der Waals surface area contributed by atoms with Crippen molar-refractivity contribution in [3.63, 3.8) is 0 Å². The summed E-state index contributed by atoms with van der Waals surface area (Å²) < 4.78 is 20.5. The van der Waals surface area contributed by atoms with E-state index in [4.69, 9.17) is 4.74 Å². The molecule has 1 heterocycles. The molecular formula is C14H17FN2O2. The van der Waals surface area contributed by atoms with Gasteiger partial charge in [-0.1, -0.05) is 6.07 Å². The van der Waals surface area contributed by atoms with Crippen molar-refractivity contribution >= 4 is 0 Å². The number of aromatic nitrogens is 2. The van der Waals surface area contributed by atoms with Crippen molar-refractivity contribution in [1.29, 1.82) is 0 Å². The van der Waals surface area contributed by atoms with E-state index in [2.05, 4.69) is 5.10 Å². The van der Waals surface area contributed by atoms with Crippen LogP contribution in [0.25, 0.3) is 0 Å². The van der Waals surface area contributed by atoms with Crippen LogP contribution in [0.2, 0.25) is 0 Å². The fourth-order valence-electron chi connectivity index (χ4n) is 2.06. The average molecular weight is 264 g/mol. The lowest BCUT2D eigenvalue weighted by atomic mass is 10.2. The summed E-state index contributed by atoms with van der Waals surface area (Å²) in [4.78, 5) is 0. The molecule has 0 saturated heterocycles. The van der Waals surface area contributed by atoms with Crippen LogP contribution in [0.15, 0.2) is 18.2 Å². The summed E-state index contributed by atoms with van der Waals surface area (Å²) >= 11 is 0. The normalized spacial score (nSPS) is 10.8. The number of methoxy groups -OCH3 is 1. The molecule has 0 aliphatic heterocycles. The SMILES string of the molecule is COc1ccc(Cn2nc(C)c(CO)c2C)c(F)c1. The number of nitrogens with zero attached hydrogens (tertiary/aromatic N) is 2. The van der Waals surface area contributed by atoms with E-state index in [0.717, 1.165) is 17.0 Å². The van der Waals surface area contributed by atoms with Crippen LogP contribution in [0, 0.1) is 19.7 Å². The second-order valence-corrected chi connectivity index (χ2v) is 4.42. The Hall–Kier alpha value is -1.88. The number of hydrogen-bond donors (Lipinski definition) is 1. The van der Waals surface area contributed by atoms with Gasteiger partial charge in [-0.2, -0.15) is 5.10 Å². The van der Waals surface area contributed by atoms with Crippen molar-refractivity contribution in [3.8, 4) is 5.75 Å². The number of rotatable bonds is 4. The van der Waals surface area contributed by atoms with E-state index in [-0.39, 0.29) is 12.4 Å². The Morgan fingerprint density at radius 1 is 1.37 bits per heavy atom. The molecule has 0 unspecified atom stereocenters. The minimum absolute atomic E-state index is 0.0528. The summed E-state index contributed by atoms with van der Waals surface area (Å²) in [6.45, 7) is 3.98. The van der Waals surface area contributed by atoms with Gasteiger partial charge < -0.3 is 9.84 Å². The number of aliphatic hydroxyl groups is 1. The van der Waals surface area contributed by atoms with Crippen LogP contribution in [0.1, 0.15) is 22.5 Å². The lowest BCUT2D eigenvalue weighted by Gasteiger charge is -2.08. The molecule has 4 nitrogen and oxygen atoms in total. The quantitative estimate of drug-likeness (QED) is 0.920. The Balaban J connectivity index is 2.31. The van der Waals surface area contributed by atoms with Gasteiger partial charge in [-0.25, -0.2) is 4.39 Å². The molecule has 0 aliphatic carbocycles. The molecule has 1 aromatic heterocycles. The minimum atomic E-state index is -0.322. The molecule has 0 aliphatic rings. The van der Waals surface area contributed by atoms with Gasteiger partial charge >= 0.3 is 0 Å². The van der Waals surface area contributed by atoms with Crippen LogP contribution in [-0.2, 0) is 13.2 Å². The third-order valence-electron chi connectivity index (χ3n) is 3.27. The molecule has 0 amide bonds. The lowest BCUT2D eigenvalue weighted by molar-refractivity contribution is 0.280. The molecule has 0 radical (unpaired) electrons. The van der Waals surface area contributed by atoms with Gasteiger partial charge in [0.1, 0.15) is 11.6 Å². The number of halogens is 1. The van der Waals surface area contributed by atoms with Crippen molar-refractivity contribution < 1.29 is 14.2 Å². The van der Waals surface area contributed by atoms with Crippen molar-refractivity contribution in [1.82, 2.24) is 9.78 Å². The highest BCUT2D eigenvalue weighted by Gasteiger charge is 2.12. The van der Waals surface area contributed by atoms with Crippen molar-refractivity contribution in [2.24, 2.45) is 0 Å². The topological polar surface area (TPSA) is 47.3 Å². The second-order valence-electron chi connectivity index (χ2n) is 4.42. The Morgan fingerprint density at radius 3 is 2.63 bits per heavy atom. The number of benzene rings is 1. The van der Waals surface area contributed by atoms with Crippen LogP contribution < -0.4 is 4.74 Å². The summed E-state index contributed by atoms with van der Waals surface area (Å²) in [7, 11) is 1.50. The maximum atomic E-state index is 13.9. The lowest BCUT2D eigenvalue weighted by Crippen LogP contribution is -2.06. The van der Waals surface area contributed by atoms with Crippen molar-refractivity contribution in [3.05, 3.63) is 46.5 Å². The van der Waals surface area contributed by atoms with Crippen LogP contribution in [-0.4, -0.2) is 22.0 Å². The fourth-order valence-corrected chi connectivity index (χ4v) is 2.06. The van der Waals surface area contributed by atoms with Gasteiger partial charge in [0.15, 0.2) is 0 Å². The molecule has 2 aromatic rings. The molecule has 102 valence electrons. The Kier molecular flexibility index (Phi) is 3.85. The van der Waals surface area contributed by atoms with Crippen LogP contribution in [0.4, 0.5) is 4.39 Å². The van der Waals surface area contributed by atoms with Crippen molar-refractivity contribution in [2.45, 2.75) is 27.0 Å². The van der Waals surface area contributed by atoms with Crippen molar-refractivity contribution in [2.75, 3.05) is 7.11 Å². The molecule has 2 rings (SSSR count). The summed E-state index contributed by atoms with van der Waals surface area (Å²) in [5.74, 6) is 0.170. The summed E-state index contributed by atoms with van der Waals surface area (Å²) in [5.41, 5.74) is 2.97. The van der Waals surface area contributed by atoms with Gasteiger partial charge in [0.05, 0.1) is 26.0 Å². The standard InChI is InChI=1S/C14H17FN2O2/c1-9-13(8-18)10(2)17(16-9)7-11-4-5-12(19-3)6-14(11)15/h4-6,18H,7-8H2,1-3H3. The van der Waals surface area contributed by atoms with Crippen LogP contribution >= 0.6 is 0 Å². The molecule has 0 bridgehead atoms. The van der Waals surface area contributed by atoms with E-state index in [9.17, 15) is 9.50 Å². The first-order chi connectivity index (χ1) is 9.06. The number of ether oxygens (including phenoxy) is 1. The second kappa shape index (κ2) is 5.40. The number of aryl methyl sites for hydroxylation is 1. The van der Waals surface area contributed by atoms with E-state index >= 15 is 0 Å². The molecule has 0 saturated carbocycles. The molecule has 0 atom stereocenters. The van der Waals surface area contributed by atoms with Gasteiger partial charge in [-0.3, -0.25) is 4.68 Å². The molecular weight excluding hydrogens is 247 g/mol. The molecule has 1 N–H and O–H groups in total. The predicted octanol–water partition coefficient (Wildman–Crippen LogP) is 2.19. The highest BCUT2D eigenvalue weighted by Crippen LogP contribution is 2.19. The molecule has 0 spiro atoms. The predicted molar refractivity (Wildman–Crippen MR) is 69.7 cm³/mol. The molecule has 5 heteroatoms. The number of hydrogen-bond acceptors (Lipinski definition) is 3. The zero-order chi connectivity index (χ0) is 14.0. The minimum Gasteiger partial charge on any atom is -0.497 e.